The van der Waals surface area contributed by atoms with Gasteiger partial charge in [-0.05, 0) is 55.3 Å². The number of amides is 1. The van der Waals surface area contributed by atoms with Gasteiger partial charge in [0.25, 0.3) is 0 Å². The third kappa shape index (κ3) is 5.05. The molecule has 0 spiro atoms. The highest BCUT2D eigenvalue weighted by Crippen LogP contribution is 2.38. The zero-order valence-electron chi connectivity index (χ0n) is 18.7. The van der Waals surface area contributed by atoms with Crippen molar-refractivity contribution in [1.29, 1.82) is 0 Å². The largest absolute Gasteiger partial charge is 0.497 e. The molecule has 0 bridgehead atoms. The molecule has 6 heteroatoms. The van der Waals surface area contributed by atoms with Crippen molar-refractivity contribution in [3.05, 3.63) is 53.6 Å². The predicted octanol–water partition coefficient (Wildman–Crippen LogP) is 3.57. The number of carbonyl (C=O) groups is 1. The lowest BCUT2D eigenvalue weighted by atomic mass is 10.0. The third-order valence-electron chi connectivity index (χ3n) is 5.80. The van der Waals surface area contributed by atoms with E-state index in [0.29, 0.717) is 13.1 Å². The lowest BCUT2D eigenvalue weighted by Gasteiger charge is -2.28. The van der Waals surface area contributed by atoms with Crippen LogP contribution in [0, 0.1) is 0 Å². The van der Waals surface area contributed by atoms with Gasteiger partial charge in [-0.2, -0.15) is 0 Å². The fourth-order valence-corrected chi connectivity index (χ4v) is 4.02. The summed E-state index contributed by atoms with van der Waals surface area (Å²) in [7, 11) is 9.27. The van der Waals surface area contributed by atoms with Gasteiger partial charge in [0, 0.05) is 45.0 Å². The van der Waals surface area contributed by atoms with Crippen LogP contribution in [0.25, 0.3) is 0 Å². The average Bonchev–Trinajstić information content (AvgIpc) is 3.21. The second-order valence-electron chi connectivity index (χ2n) is 8.05. The molecule has 1 aliphatic heterocycles. The van der Waals surface area contributed by atoms with Crippen molar-refractivity contribution in [2.24, 2.45) is 0 Å². The Morgan fingerprint density at radius 3 is 2.43 bits per heavy atom. The number of benzene rings is 2. The van der Waals surface area contributed by atoms with E-state index < -0.39 is 0 Å². The van der Waals surface area contributed by atoms with Crippen LogP contribution in [0.1, 0.15) is 30.0 Å². The molecule has 1 fully saturated rings. The summed E-state index contributed by atoms with van der Waals surface area (Å²) in [6.07, 6.45) is 2.07. The SMILES string of the molecule is COc1ccc(OC)c(C2CCCN2CC(=O)N(C)Cc2ccc(N(C)C)cc2)c1. The monoisotopic (exact) mass is 411 g/mol. The molecule has 6 nitrogen and oxygen atoms in total. The van der Waals surface area contributed by atoms with Gasteiger partial charge in [-0.3, -0.25) is 9.69 Å². The van der Waals surface area contributed by atoms with Crippen LogP contribution in [0.2, 0.25) is 0 Å². The zero-order valence-corrected chi connectivity index (χ0v) is 18.7. The van der Waals surface area contributed by atoms with E-state index >= 15 is 0 Å². The van der Waals surface area contributed by atoms with Crippen LogP contribution in [-0.2, 0) is 11.3 Å². The first kappa shape index (κ1) is 22.0. The molecule has 1 atom stereocenters. The minimum atomic E-state index is 0.125. The second-order valence-corrected chi connectivity index (χ2v) is 8.05. The van der Waals surface area contributed by atoms with E-state index in [0.717, 1.165) is 47.7 Å². The van der Waals surface area contributed by atoms with Crippen LogP contribution in [0.4, 0.5) is 5.69 Å². The summed E-state index contributed by atoms with van der Waals surface area (Å²) in [6, 6.07) is 14.4. The number of nitrogens with zero attached hydrogens (tertiary/aromatic N) is 3. The number of likely N-dealkylation sites (tertiary alicyclic amines) is 1. The van der Waals surface area contributed by atoms with E-state index in [4.69, 9.17) is 9.47 Å². The Morgan fingerprint density at radius 1 is 1.07 bits per heavy atom. The van der Waals surface area contributed by atoms with Gasteiger partial charge >= 0.3 is 0 Å². The molecule has 1 aliphatic rings. The predicted molar refractivity (Wildman–Crippen MR) is 120 cm³/mol. The molecule has 0 N–H and O–H groups in total. The number of methoxy groups -OCH3 is 2. The van der Waals surface area contributed by atoms with Crippen LogP contribution < -0.4 is 14.4 Å². The van der Waals surface area contributed by atoms with Gasteiger partial charge in [0.15, 0.2) is 0 Å². The van der Waals surface area contributed by atoms with Gasteiger partial charge in [0.2, 0.25) is 5.91 Å². The maximum Gasteiger partial charge on any atom is 0.236 e. The number of hydrogen-bond acceptors (Lipinski definition) is 5. The van der Waals surface area contributed by atoms with E-state index in [1.54, 1.807) is 14.2 Å². The molecule has 2 aromatic carbocycles. The number of rotatable bonds is 8. The number of hydrogen-bond donors (Lipinski definition) is 0. The first-order valence-corrected chi connectivity index (χ1v) is 10.4. The lowest BCUT2D eigenvalue weighted by Crippen LogP contribution is -2.37. The molecule has 0 aliphatic carbocycles. The van der Waals surface area contributed by atoms with Crippen molar-refractivity contribution in [3.63, 3.8) is 0 Å². The van der Waals surface area contributed by atoms with Crippen molar-refractivity contribution in [3.8, 4) is 11.5 Å². The Balaban J connectivity index is 1.66. The van der Waals surface area contributed by atoms with E-state index in [-0.39, 0.29) is 11.9 Å². The molecule has 1 saturated heterocycles. The molecular weight excluding hydrogens is 378 g/mol. The van der Waals surface area contributed by atoms with Crippen LogP contribution in [0.5, 0.6) is 11.5 Å². The molecule has 162 valence electrons. The smallest absolute Gasteiger partial charge is 0.236 e. The summed E-state index contributed by atoms with van der Waals surface area (Å²) in [5.74, 6) is 1.78. The molecule has 0 aromatic heterocycles. The normalized spacial score (nSPS) is 16.4. The maximum absolute atomic E-state index is 13.0. The summed E-state index contributed by atoms with van der Waals surface area (Å²) in [5, 5.41) is 0. The van der Waals surface area contributed by atoms with Crippen LogP contribution in [-0.4, -0.2) is 64.2 Å². The third-order valence-corrected chi connectivity index (χ3v) is 5.80. The van der Waals surface area contributed by atoms with Gasteiger partial charge in [-0.15, -0.1) is 0 Å². The summed E-state index contributed by atoms with van der Waals surface area (Å²) < 4.78 is 11.0. The standard InChI is InChI=1S/C24H33N3O3/c1-25(2)19-10-8-18(9-11-19)16-26(3)24(28)17-27-14-6-7-22(27)21-15-20(29-4)12-13-23(21)30-5/h8-13,15,22H,6-7,14,16-17H2,1-5H3. The van der Waals surface area contributed by atoms with Crippen LogP contribution >= 0.6 is 0 Å². The van der Waals surface area contributed by atoms with Gasteiger partial charge in [-0.25, -0.2) is 0 Å². The maximum atomic E-state index is 13.0. The topological polar surface area (TPSA) is 45.3 Å². The molecular formula is C24H33N3O3. The quantitative estimate of drug-likeness (QED) is 0.665. The highest BCUT2D eigenvalue weighted by molar-refractivity contribution is 5.78. The Kier molecular flexibility index (Phi) is 7.21. The van der Waals surface area contributed by atoms with Crippen LogP contribution in [0.15, 0.2) is 42.5 Å². The second kappa shape index (κ2) is 9.85. The van der Waals surface area contributed by atoms with Crippen molar-refractivity contribution in [2.45, 2.75) is 25.4 Å². The zero-order chi connectivity index (χ0) is 21.7. The Labute approximate surface area is 180 Å². The van der Waals surface area contributed by atoms with Crippen molar-refractivity contribution in [2.75, 3.05) is 53.4 Å². The van der Waals surface area contributed by atoms with E-state index in [1.807, 2.05) is 44.2 Å². The first-order valence-electron chi connectivity index (χ1n) is 10.4. The highest BCUT2D eigenvalue weighted by atomic mass is 16.5. The number of anilines is 1. The average molecular weight is 412 g/mol. The molecule has 1 amide bonds. The van der Waals surface area contributed by atoms with Gasteiger partial charge in [0.1, 0.15) is 11.5 Å². The van der Waals surface area contributed by atoms with E-state index in [9.17, 15) is 4.79 Å². The minimum Gasteiger partial charge on any atom is -0.497 e. The molecule has 0 saturated carbocycles. The molecule has 1 heterocycles. The fraction of sp³-hybridized carbons (Fsp3) is 0.458. The Bertz CT molecular complexity index is 851. The Hall–Kier alpha value is -2.73. The summed E-state index contributed by atoms with van der Waals surface area (Å²) in [6.45, 7) is 1.91. The molecule has 0 radical (unpaired) electrons. The highest BCUT2D eigenvalue weighted by Gasteiger charge is 2.30. The van der Waals surface area contributed by atoms with Gasteiger partial charge < -0.3 is 19.3 Å². The lowest BCUT2D eigenvalue weighted by molar-refractivity contribution is -0.131. The summed E-state index contributed by atoms with van der Waals surface area (Å²) >= 11 is 0. The molecule has 1 unspecified atom stereocenters. The molecule has 2 aromatic rings. The van der Waals surface area contributed by atoms with Gasteiger partial charge in [-0.1, -0.05) is 12.1 Å². The van der Waals surface area contributed by atoms with Gasteiger partial charge in [0.05, 0.1) is 20.8 Å². The van der Waals surface area contributed by atoms with Crippen molar-refractivity contribution < 1.29 is 14.3 Å². The molecule has 3 rings (SSSR count). The summed E-state index contributed by atoms with van der Waals surface area (Å²) in [4.78, 5) is 19.1. The number of ether oxygens (including phenoxy) is 2. The molecule has 30 heavy (non-hydrogen) atoms. The summed E-state index contributed by atoms with van der Waals surface area (Å²) in [5.41, 5.74) is 3.37. The minimum absolute atomic E-state index is 0.125. The Morgan fingerprint density at radius 2 is 1.80 bits per heavy atom. The van der Waals surface area contributed by atoms with Crippen molar-refractivity contribution >= 4 is 11.6 Å². The fourth-order valence-electron chi connectivity index (χ4n) is 4.02. The first-order chi connectivity index (χ1) is 14.4. The number of carbonyl (C=O) groups excluding carboxylic acids is 1. The van der Waals surface area contributed by atoms with E-state index in [2.05, 4.69) is 34.1 Å². The van der Waals surface area contributed by atoms with Crippen LogP contribution in [0.3, 0.4) is 0 Å². The van der Waals surface area contributed by atoms with Crippen molar-refractivity contribution in [1.82, 2.24) is 9.80 Å². The number of likely N-dealkylation sites (N-methyl/N-ethyl adjacent to an activating group) is 1. The van der Waals surface area contributed by atoms with E-state index in [1.165, 1.54) is 0 Å².